The third kappa shape index (κ3) is 4.83. The summed E-state index contributed by atoms with van der Waals surface area (Å²) in [6.07, 6.45) is 0. The third-order valence-electron chi connectivity index (χ3n) is 5.48. The maximum Gasteiger partial charge on any atom is 0.434 e. The summed E-state index contributed by atoms with van der Waals surface area (Å²) in [6.45, 7) is 5.01. The number of benzene rings is 2. The van der Waals surface area contributed by atoms with E-state index in [-0.39, 0.29) is 27.7 Å². The number of sulfonamides is 1. The van der Waals surface area contributed by atoms with E-state index in [1.807, 2.05) is 0 Å². The molecule has 4 N–H and O–H groups in total. The molecule has 0 saturated carbocycles. The van der Waals surface area contributed by atoms with E-state index >= 15 is 0 Å². The molecule has 182 valence electrons. The van der Waals surface area contributed by atoms with Gasteiger partial charge in [-0.05, 0) is 48.7 Å². The Bertz CT molecular complexity index is 1420. The summed E-state index contributed by atoms with van der Waals surface area (Å²) in [5.41, 5.74) is 6.85. The topological polar surface area (TPSA) is 157 Å². The maximum absolute atomic E-state index is 14.8. The lowest BCUT2D eigenvalue weighted by atomic mass is 9.88. The van der Waals surface area contributed by atoms with Crippen molar-refractivity contribution >= 4 is 33.3 Å². The number of nitrogens with zero attached hydrogens (tertiary/aromatic N) is 1. The van der Waals surface area contributed by atoms with Crippen LogP contribution < -0.4 is 16.2 Å². The first-order valence-electron chi connectivity index (χ1n) is 9.88. The van der Waals surface area contributed by atoms with Crippen molar-refractivity contribution in [2.75, 3.05) is 12.8 Å². The number of aryl methyl sites for hydroxylation is 1. The summed E-state index contributed by atoms with van der Waals surface area (Å²) in [5.74, 6) is -3.71. The van der Waals surface area contributed by atoms with E-state index < -0.39 is 44.4 Å². The second-order valence-corrected chi connectivity index (χ2v) is 9.69. The molecule has 3 rings (SSSR count). The number of carbonyl (C=O) groups excluding carboxylic acids is 1. The number of nitrogens with two attached hydrogens (primary N) is 1. The standard InChI is InChI=1S/C21H22ClFN4O6S/c1-9-5-6-14(23)17(10(9)2)11(3)18(19-25-26-21(29)33-19)27-34(30,31)16-8-15(24)13(22)7-12(16)20(28)32-4/h5-8,11,18,27H,24H2,1-4H3,(H,26,29)/t11-,18+/m1/s1. The minimum Gasteiger partial charge on any atom is -0.465 e. The van der Waals surface area contributed by atoms with Crippen LogP contribution in [0.1, 0.15) is 51.8 Å². The Morgan fingerprint density at radius 2 is 2.00 bits per heavy atom. The first-order valence-corrected chi connectivity index (χ1v) is 11.7. The number of anilines is 1. The highest BCUT2D eigenvalue weighted by atomic mass is 35.5. The van der Waals surface area contributed by atoms with Crippen LogP contribution in [-0.4, -0.2) is 31.7 Å². The van der Waals surface area contributed by atoms with E-state index in [0.717, 1.165) is 24.8 Å². The molecule has 0 amide bonds. The Balaban J connectivity index is 2.17. The number of H-pyrrole nitrogens is 1. The molecule has 0 radical (unpaired) electrons. The summed E-state index contributed by atoms with van der Waals surface area (Å²) < 4.78 is 53.7. The van der Waals surface area contributed by atoms with E-state index in [1.54, 1.807) is 26.8 Å². The number of hydrogen-bond donors (Lipinski definition) is 3. The van der Waals surface area contributed by atoms with Crippen LogP contribution in [0.15, 0.2) is 38.4 Å². The van der Waals surface area contributed by atoms with Crippen molar-refractivity contribution in [1.82, 2.24) is 14.9 Å². The molecule has 0 bridgehead atoms. The zero-order valence-electron chi connectivity index (χ0n) is 18.6. The molecule has 1 aromatic heterocycles. The second kappa shape index (κ2) is 9.57. The molecular formula is C21H22ClFN4O6S. The molecule has 0 spiro atoms. The summed E-state index contributed by atoms with van der Waals surface area (Å²) >= 11 is 5.97. The number of hydrogen-bond acceptors (Lipinski definition) is 8. The van der Waals surface area contributed by atoms with Crippen LogP contribution in [0, 0.1) is 19.7 Å². The summed E-state index contributed by atoms with van der Waals surface area (Å²) in [4.78, 5) is 23.3. The largest absolute Gasteiger partial charge is 0.465 e. The van der Waals surface area contributed by atoms with Gasteiger partial charge in [-0.3, -0.25) is 0 Å². The van der Waals surface area contributed by atoms with Crippen LogP contribution in [0.25, 0.3) is 0 Å². The number of nitrogen functional groups attached to an aromatic ring is 1. The highest BCUT2D eigenvalue weighted by molar-refractivity contribution is 7.89. The molecule has 0 aliphatic carbocycles. The second-order valence-electron chi connectivity index (χ2n) is 7.60. The molecule has 10 nitrogen and oxygen atoms in total. The van der Waals surface area contributed by atoms with Crippen LogP contribution >= 0.6 is 11.6 Å². The fraction of sp³-hybridized carbons (Fsp3) is 0.286. The van der Waals surface area contributed by atoms with E-state index in [2.05, 4.69) is 19.7 Å². The van der Waals surface area contributed by atoms with Gasteiger partial charge in [-0.2, -0.15) is 4.72 Å². The van der Waals surface area contributed by atoms with Crippen molar-refractivity contribution in [3.05, 3.63) is 73.8 Å². The van der Waals surface area contributed by atoms with Gasteiger partial charge in [0.2, 0.25) is 15.9 Å². The van der Waals surface area contributed by atoms with E-state index in [0.29, 0.717) is 5.56 Å². The number of ether oxygens (including phenoxy) is 1. The molecule has 0 aliphatic heterocycles. The highest BCUT2D eigenvalue weighted by Gasteiger charge is 2.35. The van der Waals surface area contributed by atoms with Crippen LogP contribution in [0.3, 0.4) is 0 Å². The molecule has 3 aromatic rings. The van der Waals surface area contributed by atoms with Crippen molar-refractivity contribution in [2.24, 2.45) is 0 Å². The van der Waals surface area contributed by atoms with Crippen LogP contribution in [0.4, 0.5) is 10.1 Å². The Morgan fingerprint density at radius 1 is 1.32 bits per heavy atom. The van der Waals surface area contributed by atoms with Gasteiger partial charge in [0, 0.05) is 5.92 Å². The molecule has 2 aromatic carbocycles. The van der Waals surface area contributed by atoms with Crippen LogP contribution in [0.5, 0.6) is 0 Å². The van der Waals surface area contributed by atoms with Gasteiger partial charge in [-0.1, -0.05) is 24.6 Å². The summed E-state index contributed by atoms with van der Waals surface area (Å²) in [6, 6.07) is 3.57. The average Bonchev–Trinajstić information content (AvgIpc) is 3.21. The van der Waals surface area contributed by atoms with Gasteiger partial charge in [0.1, 0.15) is 11.9 Å². The Hall–Kier alpha value is -3.22. The zero-order valence-corrected chi connectivity index (χ0v) is 20.2. The summed E-state index contributed by atoms with van der Waals surface area (Å²) in [5, 5.41) is 5.75. The van der Waals surface area contributed by atoms with E-state index in [1.165, 1.54) is 6.07 Å². The number of halogens is 2. The average molecular weight is 513 g/mol. The highest BCUT2D eigenvalue weighted by Crippen LogP contribution is 2.36. The molecule has 0 saturated heterocycles. The number of rotatable bonds is 7. The summed E-state index contributed by atoms with van der Waals surface area (Å²) in [7, 11) is -3.47. The lowest BCUT2D eigenvalue weighted by Gasteiger charge is -2.25. The van der Waals surface area contributed by atoms with Gasteiger partial charge in [0.05, 0.1) is 28.3 Å². The fourth-order valence-corrected chi connectivity index (χ4v) is 5.21. The third-order valence-corrected chi connectivity index (χ3v) is 7.29. The van der Waals surface area contributed by atoms with Crippen molar-refractivity contribution in [1.29, 1.82) is 0 Å². The van der Waals surface area contributed by atoms with Crippen molar-refractivity contribution in [3.63, 3.8) is 0 Å². The number of aromatic amines is 1. The first kappa shape index (κ1) is 25.4. The Kier molecular flexibility index (Phi) is 7.15. The molecule has 13 heteroatoms. The number of esters is 1. The minimum atomic E-state index is -4.54. The molecule has 0 unspecified atom stereocenters. The van der Waals surface area contributed by atoms with Crippen LogP contribution in [-0.2, 0) is 14.8 Å². The van der Waals surface area contributed by atoms with E-state index in [4.69, 9.17) is 21.8 Å². The molecule has 1 heterocycles. The van der Waals surface area contributed by atoms with Crippen molar-refractivity contribution in [2.45, 2.75) is 37.6 Å². The Labute approximate surface area is 199 Å². The first-order chi connectivity index (χ1) is 15.9. The predicted octanol–water partition coefficient (Wildman–Crippen LogP) is 2.96. The number of carbonyl (C=O) groups is 1. The molecule has 0 fully saturated rings. The normalized spacial score (nSPS) is 13.5. The smallest absolute Gasteiger partial charge is 0.434 e. The molecular weight excluding hydrogens is 491 g/mol. The predicted molar refractivity (Wildman–Crippen MR) is 122 cm³/mol. The molecule has 2 atom stereocenters. The van der Waals surface area contributed by atoms with Gasteiger partial charge in [0.25, 0.3) is 0 Å². The van der Waals surface area contributed by atoms with Gasteiger partial charge in [-0.15, -0.1) is 5.10 Å². The monoisotopic (exact) mass is 512 g/mol. The lowest BCUT2D eigenvalue weighted by molar-refractivity contribution is 0.0596. The SMILES string of the molecule is COC(=O)c1cc(Cl)c(N)cc1S(=O)(=O)N[C@H](c1n[nH]c(=O)o1)[C@H](C)c1c(F)ccc(C)c1C. The van der Waals surface area contributed by atoms with Gasteiger partial charge in [-0.25, -0.2) is 27.5 Å². The minimum absolute atomic E-state index is 0.0555. The van der Waals surface area contributed by atoms with E-state index in [9.17, 15) is 22.4 Å². The van der Waals surface area contributed by atoms with Gasteiger partial charge < -0.3 is 14.9 Å². The lowest BCUT2D eigenvalue weighted by Crippen LogP contribution is -2.34. The van der Waals surface area contributed by atoms with Crippen LogP contribution in [0.2, 0.25) is 5.02 Å². The molecule has 0 aliphatic rings. The number of nitrogens with one attached hydrogen (secondary N) is 2. The number of methoxy groups -OCH3 is 1. The maximum atomic E-state index is 14.8. The quantitative estimate of drug-likeness (QED) is 0.322. The Morgan fingerprint density at radius 3 is 2.59 bits per heavy atom. The number of aromatic nitrogens is 2. The van der Waals surface area contributed by atoms with Gasteiger partial charge >= 0.3 is 11.7 Å². The van der Waals surface area contributed by atoms with Crippen molar-refractivity contribution < 1.29 is 26.8 Å². The fourth-order valence-electron chi connectivity index (χ4n) is 3.56. The van der Waals surface area contributed by atoms with Crippen molar-refractivity contribution in [3.8, 4) is 0 Å². The molecule has 34 heavy (non-hydrogen) atoms. The zero-order chi connectivity index (χ0) is 25.4. The van der Waals surface area contributed by atoms with Gasteiger partial charge in [0.15, 0.2) is 0 Å².